The predicted octanol–water partition coefficient (Wildman–Crippen LogP) is 2.78. The quantitative estimate of drug-likeness (QED) is 0.456. The Balaban J connectivity index is 2.95. The van der Waals surface area contributed by atoms with Gasteiger partial charge < -0.3 is 5.73 Å². The summed E-state index contributed by atoms with van der Waals surface area (Å²) in [4.78, 5) is 1.27. The number of nitrogen functional groups attached to an aromatic ring is 1. The standard InChI is InChI=1S/C11H16N2S/c1-7(2)14-10-5-4-9(11(12)13)6-8(10)3/h4-7H,1-3H3,(H3,12,13). The predicted molar refractivity (Wildman–Crippen MR) is 63.2 cm³/mol. The number of aryl methyl sites for hydroxylation is 1. The van der Waals surface area contributed by atoms with Crippen molar-refractivity contribution in [3.63, 3.8) is 0 Å². The van der Waals surface area contributed by atoms with E-state index in [1.807, 2.05) is 30.0 Å². The second-order valence-corrected chi connectivity index (χ2v) is 5.18. The Labute approximate surface area is 89.4 Å². The molecule has 0 aromatic heterocycles. The molecule has 1 aromatic rings. The van der Waals surface area contributed by atoms with Gasteiger partial charge in [0.15, 0.2) is 0 Å². The SMILES string of the molecule is Cc1cc(C(=N)N)ccc1SC(C)C. The number of nitrogens with one attached hydrogen (secondary N) is 1. The monoisotopic (exact) mass is 208 g/mol. The highest BCUT2D eigenvalue weighted by atomic mass is 32.2. The molecular weight excluding hydrogens is 192 g/mol. The lowest BCUT2D eigenvalue weighted by Gasteiger charge is -2.09. The number of hydrogen-bond donors (Lipinski definition) is 2. The normalized spacial score (nSPS) is 10.6. The lowest BCUT2D eigenvalue weighted by molar-refractivity contribution is 1.10. The number of thioether (sulfide) groups is 1. The number of amidine groups is 1. The van der Waals surface area contributed by atoms with Gasteiger partial charge in [-0.05, 0) is 24.6 Å². The average Bonchev–Trinajstić information content (AvgIpc) is 2.07. The van der Waals surface area contributed by atoms with Gasteiger partial charge >= 0.3 is 0 Å². The largest absolute Gasteiger partial charge is 0.384 e. The van der Waals surface area contributed by atoms with Crippen molar-refractivity contribution < 1.29 is 0 Å². The van der Waals surface area contributed by atoms with Gasteiger partial charge in [0.1, 0.15) is 5.84 Å². The Bertz CT molecular complexity index is 345. The highest BCUT2D eigenvalue weighted by molar-refractivity contribution is 8.00. The second-order valence-electron chi connectivity index (χ2n) is 3.56. The van der Waals surface area contributed by atoms with E-state index in [-0.39, 0.29) is 5.84 Å². The van der Waals surface area contributed by atoms with Crippen molar-refractivity contribution in [2.45, 2.75) is 30.9 Å². The van der Waals surface area contributed by atoms with Crippen LogP contribution in [0.4, 0.5) is 0 Å². The lowest BCUT2D eigenvalue weighted by atomic mass is 10.1. The molecule has 1 aromatic carbocycles. The molecule has 14 heavy (non-hydrogen) atoms. The molecule has 3 heteroatoms. The van der Waals surface area contributed by atoms with E-state index in [2.05, 4.69) is 20.8 Å². The highest BCUT2D eigenvalue weighted by Crippen LogP contribution is 2.26. The molecule has 76 valence electrons. The number of benzene rings is 1. The fourth-order valence-corrected chi connectivity index (χ4v) is 2.10. The topological polar surface area (TPSA) is 49.9 Å². The van der Waals surface area contributed by atoms with Gasteiger partial charge in [0.2, 0.25) is 0 Å². The molecule has 0 amide bonds. The molecule has 0 atom stereocenters. The lowest BCUT2D eigenvalue weighted by Crippen LogP contribution is -2.11. The van der Waals surface area contributed by atoms with Gasteiger partial charge in [-0.1, -0.05) is 19.9 Å². The Hall–Kier alpha value is -0.960. The first-order chi connectivity index (χ1) is 6.50. The third-order valence-electron chi connectivity index (χ3n) is 1.85. The molecule has 0 aliphatic carbocycles. The van der Waals surface area contributed by atoms with E-state index in [4.69, 9.17) is 11.1 Å². The summed E-state index contributed by atoms with van der Waals surface area (Å²) in [5.41, 5.74) is 7.40. The molecule has 0 aliphatic heterocycles. The zero-order valence-corrected chi connectivity index (χ0v) is 9.61. The van der Waals surface area contributed by atoms with Gasteiger partial charge in [-0.15, -0.1) is 11.8 Å². The third kappa shape index (κ3) is 2.77. The maximum atomic E-state index is 7.32. The van der Waals surface area contributed by atoms with Crippen molar-refractivity contribution in [3.05, 3.63) is 29.3 Å². The van der Waals surface area contributed by atoms with E-state index in [0.29, 0.717) is 5.25 Å². The minimum Gasteiger partial charge on any atom is -0.384 e. The molecule has 0 radical (unpaired) electrons. The Morgan fingerprint density at radius 2 is 2.07 bits per heavy atom. The highest BCUT2D eigenvalue weighted by Gasteiger charge is 2.04. The minimum atomic E-state index is 0.134. The molecule has 0 spiro atoms. The molecule has 0 saturated heterocycles. The van der Waals surface area contributed by atoms with Crippen molar-refractivity contribution in [1.82, 2.24) is 0 Å². The fraction of sp³-hybridized carbons (Fsp3) is 0.364. The molecular formula is C11H16N2S. The molecule has 0 bridgehead atoms. The van der Waals surface area contributed by atoms with Gasteiger partial charge in [-0.2, -0.15) is 0 Å². The van der Waals surface area contributed by atoms with Crippen molar-refractivity contribution in [2.24, 2.45) is 5.73 Å². The number of nitrogens with two attached hydrogens (primary N) is 1. The Morgan fingerprint density at radius 1 is 1.43 bits per heavy atom. The van der Waals surface area contributed by atoms with E-state index in [0.717, 1.165) is 5.56 Å². The van der Waals surface area contributed by atoms with Crippen LogP contribution in [0.25, 0.3) is 0 Å². The fourth-order valence-electron chi connectivity index (χ4n) is 1.20. The zero-order chi connectivity index (χ0) is 10.7. The number of rotatable bonds is 3. The second kappa shape index (κ2) is 4.51. The summed E-state index contributed by atoms with van der Waals surface area (Å²) in [7, 11) is 0. The minimum absolute atomic E-state index is 0.134. The first-order valence-electron chi connectivity index (χ1n) is 4.62. The van der Waals surface area contributed by atoms with Crippen LogP contribution in [0.1, 0.15) is 25.0 Å². The summed E-state index contributed by atoms with van der Waals surface area (Å²) in [6.45, 7) is 6.39. The van der Waals surface area contributed by atoms with Crippen molar-refractivity contribution >= 4 is 17.6 Å². The molecule has 2 nitrogen and oxygen atoms in total. The van der Waals surface area contributed by atoms with E-state index in [9.17, 15) is 0 Å². The van der Waals surface area contributed by atoms with Crippen LogP contribution in [0.2, 0.25) is 0 Å². The van der Waals surface area contributed by atoms with Crippen LogP contribution >= 0.6 is 11.8 Å². The van der Waals surface area contributed by atoms with Crippen LogP contribution < -0.4 is 5.73 Å². The Morgan fingerprint density at radius 3 is 2.50 bits per heavy atom. The first kappa shape index (κ1) is 11.1. The summed E-state index contributed by atoms with van der Waals surface area (Å²) >= 11 is 1.83. The van der Waals surface area contributed by atoms with Crippen molar-refractivity contribution in [3.8, 4) is 0 Å². The maximum Gasteiger partial charge on any atom is 0.122 e. The molecule has 0 aliphatic rings. The molecule has 0 heterocycles. The van der Waals surface area contributed by atoms with Gasteiger partial charge in [0.05, 0.1) is 0 Å². The number of hydrogen-bond acceptors (Lipinski definition) is 2. The van der Waals surface area contributed by atoms with Crippen LogP contribution in [0.5, 0.6) is 0 Å². The van der Waals surface area contributed by atoms with Crippen LogP contribution in [-0.4, -0.2) is 11.1 Å². The first-order valence-corrected chi connectivity index (χ1v) is 5.50. The molecule has 1 rings (SSSR count). The van der Waals surface area contributed by atoms with Crippen LogP contribution in [-0.2, 0) is 0 Å². The summed E-state index contributed by atoms with van der Waals surface area (Å²) in [5, 5.41) is 7.90. The molecule has 3 N–H and O–H groups in total. The molecule has 0 unspecified atom stereocenters. The third-order valence-corrected chi connectivity index (χ3v) is 3.03. The molecule has 0 fully saturated rings. The van der Waals surface area contributed by atoms with Crippen molar-refractivity contribution in [1.29, 1.82) is 5.41 Å². The molecule has 0 saturated carbocycles. The summed E-state index contributed by atoms with van der Waals surface area (Å²) < 4.78 is 0. The summed E-state index contributed by atoms with van der Waals surface area (Å²) in [6.07, 6.45) is 0. The van der Waals surface area contributed by atoms with Crippen LogP contribution in [0.3, 0.4) is 0 Å². The average molecular weight is 208 g/mol. The smallest absolute Gasteiger partial charge is 0.122 e. The van der Waals surface area contributed by atoms with Crippen molar-refractivity contribution in [2.75, 3.05) is 0 Å². The van der Waals surface area contributed by atoms with Crippen LogP contribution in [0.15, 0.2) is 23.1 Å². The van der Waals surface area contributed by atoms with Gasteiger partial charge in [0, 0.05) is 15.7 Å². The van der Waals surface area contributed by atoms with E-state index in [1.165, 1.54) is 10.5 Å². The van der Waals surface area contributed by atoms with Gasteiger partial charge in [-0.3, -0.25) is 5.41 Å². The summed E-state index contributed by atoms with van der Waals surface area (Å²) in [5.74, 6) is 0.134. The summed E-state index contributed by atoms with van der Waals surface area (Å²) in [6, 6.07) is 5.91. The zero-order valence-electron chi connectivity index (χ0n) is 8.79. The van der Waals surface area contributed by atoms with E-state index in [1.54, 1.807) is 0 Å². The van der Waals surface area contributed by atoms with Gasteiger partial charge in [0.25, 0.3) is 0 Å². The van der Waals surface area contributed by atoms with Gasteiger partial charge in [-0.25, -0.2) is 0 Å². The van der Waals surface area contributed by atoms with E-state index >= 15 is 0 Å². The van der Waals surface area contributed by atoms with Crippen LogP contribution in [0, 0.1) is 12.3 Å². The van der Waals surface area contributed by atoms with E-state index < -0.39 is 0 Å². The Kier molecular flexibility index (Phi) is 3.58. The maximum absolute atomic E-state index is 7.32.